The molecular formula is C14H19ClINO3. The lowest BCUT2D eigenvalue weighted by Crippen LogP contribution is -2.20. The number of hydrogen-bond acceptors (Lipinski definition) is 2. The van der Waals surface area contributed by atoms with Crippen LogP contribution < -0.4 is 10.1 Å². The second kappa shape index (κ2) is 6.39. The molecule has 1 unspecified atom stereocenters. The molecule has 0 heterocycles. The quantitative estimate of drug-likeness (QED) is 0.544. The highest BCUT2D eigenvalue weighted by molar-refractivity contribution is 14.1. The van der Waals surface area contributed by atoms with E-state index in [4.69, 9.17) is 21.4 Å². The standard InChI is InChI=1S/C14H19ClINO3/c1-7(15)10-9(17-13(18)19)6-8(16)12(20-5)11(10)14(2,3)4/h6-7,17H,1-5H3,(H,18,19). The highest BCUT2D eigenvalue weighted by Crippen LogP contribution is 2.45. The van der Waals surface area contributed by atoms with Crippen molar-refractivity contribution in [2.75, 3.05) is 12.4 Å². The smallest absolute Gasteiger partial charge is 0.409 e. The first kappa shape index (κ1) is 17.4. The van der Waals surface area contributed by atoms with Gasteiger partial charge in [0, 0.05) is 11.1 Å². The van der Waals surface area contributed by atoms with Gasteiger partial charge in [-0.25, -0.2) is 4.79 Å². The minimum atomic E-state index is -1.11. The van der Waals surface area contributed by atoms with E-state index in [0.717, 1.165) is 20.4 Å². The summed E-state index contributed by atoms with van der Waals surface area (Å²) in [5.41, 5.74) is 1.98. The van der Waals surface area contributed by atoms with E-state index in [9.17, 15) is 4.79 Å². The molecule has 6 heteroatoms. The van der Waals surface area contributed by atoms with Crippen molar-refractivity contribution in [1.82, 2.24) is 0 Å². The van der Waals surface area contributed by atoms with Crippen LogP contribution in [0.3, 0.4) is 0 Å². The Balaban J connectivity index is 3.73. The summed E-state index contributed by atoms with van der Waals surface area (Å²) in [7, 11) is 1.61. The van der Waals surface area contributed by atoms with Gasteiger partial charge >= 0.3 is 6.09 Å². The molecule has 0 saturated carbocycles. The molecule has 0 aliphatic heterocycles. The van der Waals surface area contributed by atoms with Crippen LogP contribution in [0.1, 0.15) is 44.2 Å². The van der Waals surface area contributed by atoms with E-state index >= 15 is 0 Å². The Kier molecular flexibility index (Phi) is 5.54. The number of hydrogen-bond donors (Lipinski definition) is 2. The minimum absolute atomic E-state index is 0.222. The fraction of sp³-hybridized carbons (Fsp3) is 0.500. The number of ether oxygens (including phenoxy) is 1. The molecule has 0 spiro atoms. The van der Waals surface area contributed by atoms with Gasteiger partial charge in [-0.15, -0.1) is 11.6 Å². The number of benzene rings is 1. The summed E-state index contributed by atoms with van der Waals surface area (Å²) in [6.07, 6.45) is -1.11. The van der Waals surface area contributed by atoms with E-state index in [1.165, 1.54) is 0 Å². The predicted octanol–water partition coefficient (Wildman–Crippen LogP) is 4.99. The van der Waals surface area contributed by atoms with Crippen molar-refractivity contribution in [1.29, 1.82) is 0 Å². The van der Waals surface area contributed by atoms with Crippen LogP contribution >= 0.6 is 34.2 Å². The molecule has 0 aliphatic carbocycles. The molecule has 0 bridgehead atoms. The maximum atomic E-state index is 11.0. The highest BCUT2D eigenvalue weighted by atomic mass is 127. The number of carbonyl (C=O) groups is 1. The number of amides is 1. The molecule has 0 aromatic heterocycles. The average molecular weight is 412 g/mol. The van der Waals surface area contributed by atoms with Gasteiger partial charge in [-0.3, -0.25) is 5.32 Å². The second-order valence-corrected chi connectivity index (χ2v) is 7.34. The number of halogens is 2. The van der Waals surface area contributed by atoms with Crippen molar-refractivity contribution in [2.45, 2.75) is 38.5 Å². The number of alkyl halides is 1. The first-order chi connectivity index (χ1) is 9.09. The van der Waals surface area contributed by atoms with Gasteiger partial charge in [0.2, 0.25) is 0 Å². The summed E-state index contributed by atoms with van der Waals surface area (Å²) in [6, 6.07) is 1.75. The molecule has 0 fully saturated rings. The molecule has 2 N–H and O–H groups in total. The molecule has 4 nitrogen and oxygen atoms in total. The van der Waals surface area contributed by atoms with Gasteiger partial charge in [-0.1, -0.05) is 20.8 Å². The number of carboxylic acid groups (broad SMARTS) is 1. The Hall–Kier alpha value is -0.690. The minimum Gasteiger partial charge on any atom is -0.495 e. The Morgan fingerprint density at radius 1 is 1.50 bits per heavy atom. The molecule has 112 valence electrons. The number of anilines is 1. The van der Waals surface area contributed by atoms with Gasteiger partial charge in [0.05, 0.1) is 21.7 Å². The Labute approximate surface area is 138 Å². The van der Waals surface area contributed by atoms with Crippen LogP contribution in [-0.4, -0.2) is 18.3 Å². The lowest BCUT2D eigenvalue weighted by molar-refractivity contribution is 0.209. The summed E-state index contributed by atoms with van der Waals surface area (Å²) >= 11 is 8.43. The largest absolute Gasteiger partial charge is 0.495 e. The van der Waals surface area contributed by atoms with Crippen LogP contribution in [0, 0.1) is 3.57 Å². The highest BCUT2D eigenvalue weighted by Gasteiger charge is 2.29. The Morgan fingerprint density at radius 2 is 2.05 bits per heavy atom. The molecule has 0 radical (unpaired) electrons. The van der Waals surface area contributed by atoms with E-state index in [1.807, 2.05) is 27.7 Å². The van der Waals surface area contributed by atoms with Crippen molar-refractivity contribution in [2.24, 2.45) is 0 Å². The van der Waals surface area contributed by atoms with Crippen molar-refractivity contribution in [3.8, 4) is 5.75 Å². The fourth-order valence-corrected chi connectivity index (χ4v) is 3.25. The van der Waals surface area contributed by atoms with E-state index < -0.39 is 6.09 Å². The van der Waals surface area contributed by atoms with Crippen LogP contribution in [-0.2, 0) is 5.41 Å². The zero-order valence-corrected chi connectivity index (χ0v) is 15.1. The summed E-state index contributed by atoms with van der Waals surface area (Å²) in [6.45, 7) is 7.97. The molecular weight excluding hydrogens is 393 g/mol. The summed E-state index contributed by atoms with van der Waals surface area (Å²) < 4.78 is 6.36. The summed E-state index contributed by atoms with van der Waals surface area (Å²) in [5.74, 6) is 0.747. The first-order valence-corrected chi connectivity index (χ1v) is 7.66. The second-order valence-electron chi connectivity index (χ2n) is 5.52. The van der Waals surface area contributed by atoms with Crippen molar-refractivity contribution < 1.29 is 14.6 Å². The van der Waals surface area contributed by atoms with Gasteiger partial charge in [0.15, 0.2) is 0 Å². The molecule has 1 atom stereocenters. The van der Waals surface area contributed by atoms with Gasteiger partial charge in [0.25, 0.3) is 0 Å². The van der Waals surface area contributed by atoms with E-state index in [1.54, 1.807) is 13.2 Å². The van der Waals surface area contributed by atoms with Crippen LogP contribution in [0.25, 0.3) is 0 Å². The Bertz CT molecular complexity index is 524. The third-order valence-corrected chi connectivity index (χ3v) is 3.89. The fourth-order valence-electron chi connectivity index (χ4n) is 2.22. The Morgan fingerprint density at radius 3 is 2.40 bits per heavy atom. The normalized spacial score (nSPS) is 12.9. The molecule has 1 amide bonds. The number of rotatable bonds is 3. The maximum Gasteiger partial charge on any atom is 0.409 e. The van der Waals surface area contributed by atoms with Crippen molar-refractivity contribution >= 4 is 46.0 Å². The van der Waals surface area contributed by atoms with Crippen LogP contribution in [0.5, 0.6) is 5.75 Å². The van der Waals surface area contributed by atoms with Gasteiger partial charge in [0.1, 0.15) is 5.75 Å². The van der Waals surface area contributed by atoms with E-state index in [-0.39, 0.29) is 10.8 Å². The van der Waals surface area contributed by atoms with Crippen LogP contribution in [0.4, 0.5) is 10.5 Å². The van der Waals surface area contributed by atoms with Crippen molar-refractivity contribution in [3.05, 3.63) is 20.8 Å². The zero-order chi connectivity index (χ0) is 15.7. The van der Waals surface area contributed by atoms with Gasteiger partial charge < -0.3 is 9.84 Å². The molecule has 1 aromatic carbocycles. The maximum absolute atomic E-state index is 11.0. The third-order valence-electron chi connectivity index (χ3n) is 2.87. The summed E-state index contributed by atoms with van der Waals surface area (Å²) in [5, 5.41) is 11.1. The van der Waals surface area contributed by atoms with Crippen LogP contribution in [0.15, 0.2) is 6.07 Å². The lowest BCUT2D eigenvalue weighted by Gasteiger charge is -2.29. The van der Waals surface area contributed by atoms with E-state index in [0.29, 0.717) is 5.69 Å². The van der Waals surface area contributed by atoms with Crippen LogP contribution in [0.2, 0.25) is 0 Å². The molecule has 1 aromatic rings. The van der Waals surface area contributed by atoms with Gasteiger partial charge in [-0.2, -0.15) is 0 Å². The molecule has 1 rings (SSSR count). The number of nitrogens with one attached hydrogen (secondary N) is 1. The molecule has 0 aliphatic rings. The topological polar surface area (TPSA) is 58.6 Å². The molecule has 20 heavy (non-hydrogen) atoms. The third kappa shape index (κ3) is 3.69. The van der Waals surface area contributed by atoms with E-state index in [2.05, 4.69) is 27.9 Å². The number of methoxy groups -OCH3 is 1. The monoisotopic (exact) mass is 411 g/mol. The lowest BCUT2D eigenvalue weighted by atomic mass is 9.81. The average Bonchev–Trinajstić information content (AvgIpc) is 2.25. The predicted molar refractivity (Wildman–Crippen MR) is 90.3 cm³/mol. The summed E-state index contributed by atoms with van der Waals surface area (Å²) in [4.78, 5) is 11.0. The van der Waals surface area contributed by atoms with Crippen molar-refractivity contribution in [3.63, 3.8) is 0 Å². The first-order valence-electron chi connectivity index (χ1n) is 6.14. The SMILES string of the molecule is COc1c(I)cc(NC(=O)O)c(C(C)Cl)c1C(C)(C)C. The molecule has 0 saturated heterocycles. The van der Waals surface area contributed by atoms with Gasteiger partial charge in [-0.05, 0) is 41.0 Å². The zero-order valence-electron chi connectivity index (χ0n) is 12.2.